The van der Waals surface area contributed by atoms with Gasteiger partial charge in [0.05, 0.1) is 24.4 Å². The minimum Gasteiger partial charge on any atom is -0.497 e. The molecule has 0 unspecified atom stereocenters. The summed E-state index contributed by atoms with van der Waals surface area (Å²) in [7, 11) is 1.65. The van der Waals surface area contributed by atoms with E-state index in [0.29, 0.717) is 17.9 Å². The number of nitrogens with zero attached hydrogens (tertiary/aromatic N) is 3. The first kappa shape index (κ1) is 17.9. The number of aromatic nitrogens is 2. The third-order valence-corrected chi connectivity index (χ3v) is 4.20. The van der Waals surface area contributed by atoms with Gasteiger partial charge in [-0.2, -0.15) is 0 Å². The highest BCUT2D eigenvalue weighted by molar-refractivity contribution is 5.95. The molecule has 2 rings (SSSR count). The number of ether oxygens (including phenoxy) is 1. The molecule has 0 aliphatic carbocycles. The predicted molar refractivity (Wildman–Crippen MR) is 94.2 cm³/mol. The molecule has 0 aliphatic heterocycles. The van der Waals surface area contributed by atoms with Crippen molar-refractivity contribution in [1.82, 2.24) is 14.9 Å². The summed E-state index contributed by atoms with van der Waals surface area (Å²) >= 11 is 0. The monoisotopic (exact) mass is 327 g/mol. The Morgan fingerprint density at radius 1 is 1.21 bits per heavy atom. The van der Waals surface area contributed by atoms with E-state index in [9.17, 15) is 4.79 Å². The van der Waals surface area contributed by atoms with Crippen LogP contribution in [0, 0.1) is 13.8 Å². The van der Waals surface area contributed by atoms with Crippen LogP contribution in [0.4, 0.5) is 0 Å². The molecule has 0 saturated heterocycles. The Labute approximate surface area is 143 Å². The zero-order valence-electron chi connectivity index (χ0n) is 15.0. The highest BCUT2D eigenvalue weighted by Gasteiger charge is 2.25. The molecule has 5 nitrogen and oxygen atoms in total. The zero-order chi connectivity index (χ0) is 17.7. The summed E-state index contributed by atoms with van der Waals surface area (Å²) in [5.41, 5.74) is 2.38. The van der Waals surface area contributed by atoms with Crippen molar-refractivity contribution < 1.29 is 9.53 Å². The van der Waals surface area contributed by atoms with Crippen molar-refractivity contribution in [1.29, 1.82) is 0 Å². The second-order valence-electron chi connectivity index (χ2n) is 5.70. The Bertz CT molecular complexity index is 698. The minimum atomic E-state index is -0.0299. The summed E-state index contributed by atoms with van der Waals surface area (Å²) in [6, 6.07) is 7.89. The average molecular weight is 327 g/mol. The standard InChI is InChI=1S/C19H25N3O2/c1-6-18(15-8-10-16(24-5)11-9-15)22(7-2)19(23)17-12-20-14(4)21-13(17)3/h8-12,18H,6-7H2,1-5H3/t18-/m0/s1. The number of rotatable bonds is 6. The van der Waals surface area contributed by atoms with Crippen molar-refractivity contribution in [2.75, 3.05) is 13.7 Å². The molecule has 1 aromatic carbocycles. The van der Waals surface area contributed by atoms with Crippen molar-refractivity contribution in [3.05, 3.63) is 53.1 Å². The van der Waals surface area contributed by atoms with Crippen LogP contribution in [0.25, 0.3) is 0 Å². The molecule has 0 saturated carbocycles. The Hall–Kier alpha value is -2.43. The molecular formula is C19H25N3O2. The third-order valence-electron chi connectivity index (χ3n) is 4.20. The van der Waals surface area contributed by atoms with E-state index in [2.05, 4.69) is 16.9 Å². The maximum absolute atomic E-state index is 13.0. The highest BCUT2D eigenvalue weighted by atomic mass is 16.5. The Balaban J connectivity index is 2.34. The molecule has 0 bridgehead atoms. The van der Waals surface area contributed by atoms with E-state index in [-0.39, 0.29) is 11.9 Å². The van der Waals surface area contributed by atoms with Gasteiger partial charge in [-0.05, 0) is 44.9 Å². The number of aryl methyl sites for hydroxylation is 2. The maximum atomic E-state index is 13.0. The first-order valence-corrected chi connectivity index (χ1v) is 8.26. The van der Waals surface area contributed by atoms with Gasteiger partial charge in [-0.1, -0.05) is 19.1 Å². The van der Waals surface area contributed by atoms with Crippen molar-refractivity contribution in [2.45, 2.75) is 40.2 Å². The van der Waals surface area contributed by atoms with Crippen LogP contribution in [-0.2, 0) is 0 Å². The summed E-state index contributed by atoms with van der Waals surface area (Å²) in [4.78, 5) is 23.4. The number of hydrogen-bond donors (Lipinski definition) is 0. The van der Waals surface area contributed by atoms with Crippen LogP contribution >= 0.6 is 0 Å². The van der Waals surface area contributed by atoms with Gasteiger partial charge in [0.2, 0.25) is 0 Å². The molecule has 0 N–H and O–H groups in total. The van der Waals surface area contributed by atoms with E-state index in [0.717, 1.165) is 23.4 Å². The van der Waals surface area contributed by atoms with Crippen molar-refractivity contribution in [3.8, 4) is 5.75 Å². The number of benzene rings is 1. The van der Waals surface area contributed by atoms with Crippen molar-refractivity contribution in [3.63, 3.8) is 0 Å². The van der Waals surface area contributed by atoms with Crippen molar-refractivity contribution >= 4 is 5.91 Å². The second kappa shape index (κ2) is 7.90. The third kappa shape index (κ3) is 3.72. The van der Waals surface area contributed by atoms with Crippen LogP contribution in [0.1, 0.15) is 53.7 Å². The van der Waals surface area contributed by atoms with Crippen LogP contribution < -0.4 is 4.74 Å². The van der Waals surface area contributed by atoms with Gasteiger partial charge in [-0.25, -0.2) is 9.97 Å². The number of methoxy groups -OCH3 is 1. The topological polar surface area (TPSA) is 55.3 Å². The first-order valence-electron chi connectivity index (χ1n) is 8.26. The maximum Gasteiger partial charge on any atom is 0.257 e. The van der Waals surface area contributed by atoms with Crippen molar-refractivity contribution in [2.24, 2.45) is 0 Å². The van der Waals surface area contributed by atoms with Gasteiger partial charge in [-0.15, -0.1) is 0 Å². The van der Waals surface area contributed by atoms with Gasteiger partial charge in [0.25, 0.3) is 5.91 Å². The molecule has 0 aliphatic rings. The van der Waals surface area contributed by atoms with E-state index in [4.69, 9.17) is 4.74 Å². The fraction of sp³-hybridized carbons (Fsp3) is 0.421. The molecule has 1 aromatic heterocycles. The molecule has 1 heterocycles. The van der Waals surface area contributed by atoms with E-state index in [1.807, 2.05) is 49.9 Å². The van der Waals surface area contributed by atoms with Gasteiger partial charge in [0.1, 0.15) is 11.6 Å². The normalized spacial score (nSPS) is 11.9. The molecular weight excluding hydrogens is 302 g/mol. The molecule has 1 atom stereocenters. The highest BCUT2D eigenvalue weighted by Crippen LogP contribution is 2.27. The second-order valence-corrected chi connectivity index (χ2v) is 5.70. The minimum absolute atomic E-state index is 0.00843. The van der Waals surface area contributed by atoms with Gasteiger partial charge in [0, 0.05) is 12.7 Å². The SMILES string of the molecule is CC[C@@H](c1ccc(OC)cc1)N(CC)C(=O)c1cnc(C)nc1C. The fourth-order valence-electron chi connectivity index (χ4n) is 2.92. The predicted octanol–water partition coefficient (Wildman–Crippen LogP) is 3.72. The molecule has 0 radical (unpaired) electrons. The fourth-order valence-corrected chi connectivity index (χ4v) is 2.92. The smallest absolute Gasteiger partial charge is 0.257 e. The average Bonchev–Trinajstić information content (AvgIpc) is 2.59. The summed E-state index contributed by atoms with van der Waals surface area (Å²) in [6.07, 6.45) is 2.46. The van der Waals surface area contributed by atoms with Crippen LogP contribution in [0.5, 0.6) is 5.75 Å². The molecule has 1 amide bonds. The molecule has 0 spiro atoms. The summed E-state index contributed by atoms with van der Waals surface area (Å²) in [5, 5.41) is 0. The Kier molecular flexibility index (Phi) is 5.90. The number of carbonyl (C=O) groups is 1. The zero-order valence-corrected chi connectivity index (χ0v) is 15.0. The van der Waals surface area contributed by atoms with Crippen LogP contribution in [0.3, 0.4) is 0 Å². The van der Waals surface area contributed by atoms with E-state index < -0.39 is 0 Å². The van der Waals surface area contributed by atoms with E-state index in [1.54, 1.807) is 13.3 Å². The quantitative estimate of drug-likeness (QED) is 0.811. The summed E-state index contributed by atoms with van der Waals surface area (Å²) in [5.74, 6) is 1.46. The van der Waals surface area contributed by atoms with Gasteiger partial charge in [0.15, 0.2) is 0 Å². The Morgan fingerprint density at radius 3 is 2.38 bits per heavy atom. The van der Waals surface area contributed by atoms with E-state index >= 15 is 0 Å². The molecule has 2 aromatic rings. The lowest BCUT2D eigenvalue weighted by molar-refractivity contribution is 0.0681. The molecule has 5 heteroatoms. The van der Waals surface area contributed by atoms with Crippen LogP contribution in [0.15, 0.2) is 30.5 Å². The summed E-state index contributed by atoms with van der Waals surface area (Å²) in [6.45, 7) is 8.38. The Morgan fingerprint density at radius 2 is 1.88 bits per heavy atom. The van der Waals surface area contributed by atoms with Crippen LogP contribution in [-0.4, -0.2) is 34.4 Å². The lowest BCUT2D eigenvalue weighted by Crippen LogP contribution is -2.35. The lowest BCUT2D eigenvalue weighted by atomic mass is 10.0. The largest absolute Gasteiger partial charge is 0.497 e. The van der Waals surface area contributed by atoms with E-state index in [1.165, 1.54) is 0 Å². The first-order chi connectivity index (χ1) is 11.5. The lowest BCUT2D eigenvalue weighted by Gasteiger charge is -2.31. The molecule has 128 valence electrons. The summed E-state index contributed by atoms with van der Waals surface area (Å²) < 4.78 is 5.22. The molecule has 0 fully saturated rings. The van der Waals surface area contributed by atoms with Crippen LogP contribution in [0.2, 0.25) is 0 Å². The van der Waals surface area contributed by atoms with Gasteiger partial charge < -0.3 is 9.64 Å². The van der Waals surface area contributed by atoms with Gasteiger partial charge >= 0.3 is 0 Å². The number of carbonyl (C=O) groups excluding carboxylic acids is 1. The molecule has 24 heavy (non-hydrogen) atoms. The van der Waals surface area contributed by atoms with Gasteiger partial charge in [-0.3, -0.25) is 4.79 Å². The number of amides is 1. The number of hydrogen-bond acceptors (Lipinski definition) is 4.